The molecule has 1 fully saturated rings. The molecule has 1 N–H and O–H groups in total. The second kappa shape index (κ2) is 6.96. The zero-order valence-electron chi connectivity index (χ0n) is 11.7. The first-order valence-electron chi connectivity index (χ1n) is 6.79. The van der Waals surface area contributed by atoms with Gasteiger partial charge in [-0.15, -0.1) is 11.8 Å². The second-order valence-electron chi connectivity index (χ2n) is 5.28. The molecule has 19 heavy (non-hydrogen) atoms. The summed E-state index contributed by atoms with van der Waals surface area (Å²) in [5.74, 6) is 1.27. The molecule has 1 aromatic rings. The van der Waals surface area contributed by atoms with Gasteiger partial charge in [0.15, 0.2) is 0 Å². The lowest BCUT2D eigenvalue weighted by Gasteiger charge is -2.12. The van der Waals surface area contributed by atoms with Crippen molar-refractivity contribution in [1.29, 1.82) is 0 Å². The molecule has 2 rings (SSSR count). The van der Waals surface area contributed by atoms with Crippen LogP contribution in [0.4, 0.5) is 0 Å². The smallest absolute Gasteiger partial charge is 0.230 e. The van der Waals surface area contributed by atoms with Crippen molar-refractivity contribution in [2.45, 2.75) is 18.2 Å². The molecule has 104 valence electrons. The summed E-state index contributed by atoms with van der Waals surface area (Å²) in [6, 6.07) is 8.19. The fourth-order valence-electron chi connectivity index (χ4n) is 2.36. The van der Waals surface area contributed by atoms with E-state index in [1.54, 1.807) is 11.8 Å². The summed E-state index contributed by atoms with van der Waals surface area (Å²) in [7, 11) is 2.13. The Hall–Kier alpha value is -1.00. The molecule has 0 radical (unpaired) electrons. The average molecular weight is 278 g/mol. The first kappa shape index (κ1) is 14.4. The highest BCUT2D eigenvalue weighted by molar-refractivity contribution is 8.00. The number of rotatable bonds is 5. The lowest BCUT2D eigenvalue weighted by atomic mass is 10.1. The number of hydrogen-bond donors (Lipinski definition) is 1. The van der Waals surface area contributed by atoms with Gasteiger partial charge in [0.1, 0.15) is 0 Å². The fourth-order valence-corrected chi connectivity index (χ4v) is 3.22. The summed E-state index contributed by atoms with van der Waals surface area (Å²) < 4.78 is 0. The van der Waals surface area contributed by atoms with Gasteiger partial charge in [0.05, 0.1) is 5.75 Å². The zero-order chi connectivity index (χ0) is 13.7. The van der Waals surface area contributed by atoms with Gasteiger partial charge in [-0.05, 0) is 44.5 Å². The van der Waals surface area contributed by atoms with E-state index in [9.17, 15) is 4.79 Å². The van der Waals surface area contributed by atoms with Gasteiger partial charge in [0.25, 0.3) is 0 Å². The molecule has 1 amide bonds. The number of carbonyl (C=O) groups excluding carboxylic acids is 1. The van der Waals surface area contributed by atoms with Crippen molar-refractivity contribution >= 4 is 17.7 Å². The number of hydrogen-bond acceptors (Lipinski definition) is 3. The minimum absolute atomic E-state index is 0.141. The minimum atomic E-state index is 0.141. The van der Waals surface area contributed by atoms with Gasteiger partial charge in [-0.3, -0.25) is 4.79 Å². The van der Waals surface area contributed by atoms with Gasteiger partial charge in [-0.1, -0.05) is 18.2 Å². The summed E-state index contributed by atoms with van der Waals surface area (Å²) in [5, 5.41) is 3.05. The van der Waals surface area contributed by atoms with Crippen LogP contribution in [0, 0.1) is 12.8 Å². The van der Waals surface area contributed by atoms with Crippen LogP contribution < -0.4 is 5.32 Å². The van der Waals surface area contributed by atoms with E-state index in [1.807, 2.05) is 12.1 Å². The highest BCUT2D eigenvalue weighted by Crippen LogP contribution is 2.21. The Balaban J connectivity index is 1.69. The molecule has 3 nitrogen and oxygen atoms in total. The SMILES string of the molecule is Cc1ccccc1SCC(=O)NCC1CCN(C)C1. The van der Waals surface area contributed by atoms with E-state index in [1.165, 1.54) is 16.9 Å². The summed E-state index contributed by atoms with van der Waals surface area (Å²) in [6.45, 7) is 5.15. The van der Waals surface area contributed by atoms with Crippen molar-refractivity contribution in [3.8, 4) is 0 Å². The molecule has 4 heteroatoms. The molecular weight excluding hydrogens is 256 g/mol. The predicted octanol–water partition coefficient (Wildman–Crippen LogP) is 2.16. The van der Waals surface area contributed by atoms with Crippen molar-refractivity contribution < 1.29 is 4.79 Å². The van der Waals surface area contributed by atoms with E-state index in [-0.39, 0.29) is 5.91 Å². The molecule has 1 aliphatic heterocycles. The fraction of sp³-hybridized carbons (Fsp3) is 0.533. The molecule has 1 aliphatic rings. The number of aryl methyl sites for hydroxylation is 1. The van der Waals surface area contributed by atoms with Crippen LogP contribution in [-0.4, -0.2) is 43.2 Å². The Morgan fingerprint density at radius 2 is 2.26 bits per heavy atom. The molecule has 1 saturated heterocycles. The van der Waals surface area contributed by atoms with Crippen molar-refractivity contribution in [2.24, 2.45) is 5.92 Å². The van der Waals surface area contributed by atoms with E-state index < -0.39 is 0 Å². The number of nitrogens with one attached hydrogen (secondary N) is 1. The number of thioether (sulfide) groups is 1. The average Bonchev–Trinajstić information content (AvgIpc) is 2.81. The molecule has 0 aliphatic carbocycles. The third-order valence-corrected chi connectivity index (χ3v) is 4.70. The van der Waals surface area contributed by atoms with Gasteiger partial charge in [-0.25, -0.2) is 0 Å². The van der Waals surface area contributed by atoms with Crippen molar-refractivity contribution in [1.82, 2.24) is 10.2 Å². The number of carbonyl (C=O) groups is 1. The lowest BCUT2D eigenvalue weighted by Crippen LogP contribution is -2.31. The van der Waals surface area contributed by atoms with Crippen LogP contribution in [0.3, 0.4) is 0 Å². The van der Waals surface area contributed by atoms with Crippen molar-refractivity contribution in [2.75, 3.05) is 32.4 Å². The van der Waals surface area contributed by atoms with E-state index >= 15 is 0 Å². The third kappa shape index (κ3) is 4.55. The van der Waals surface area contributed by atoms with Crippen LogP contribution >= 0.6 is 11.8 Å². The molecule has 1 heterocycles. The van der Waals surface area contributed by atoms with Crippen LogP contribution in [-0.2, 0) is 4.79 Å². The number of amides is 1. The van der Waals surface area contributed by atoms with E-state index in [2.05, 4.69) is 36.3 Å². The normalized spacial score (nSPS) is 19.6. The Bertz CT molecular complexity index is 436. The van der Waals surface area contributed by atoms with E-state index in [4.69, 9.17) is 0 Å². The predicted molar refractivity (Wildman–Crippen MR) is 80.5 cm³/mol. The monoisotopic (exact) mass is 278 g/mol. The molecule has 1 aromatic carbocycles. The zero-order valence-corrected chi connectivity index (χ0v) is 12.5. The molecule has 0 spiro atoms. The van der Waals surface area contributed by atoms with Gasteiger partial charge >= 0.3 is 0 Å². The number of likely N-dealkylation sites (tertiary alicyclic amines) is 1. The second-order valence-corrected chi connectivity index (χ2v) is 6.29. The van der Waals surface area contributed by atoms with Crippen LogP contribution in [0.5, 0.6) is 0 Å². The Morgan fingerprint density at radius 3 is 2.95 bits per heavy atom. The maximum atomic E-state index is 11.8. The molecular formula is C15H22N2OS. The quantitative estimate of drug-likeness (QED) is 0.838. The maximum absolute atomic E-state index is 11.8. The molecule has 1 atom stereocenters. The Morgan fingerprint density at radius 1 is 1.47 bits per heavy atom. The van der Waals surface area contributed by atoms with Gasteiger partial charge in [0.2, 0.25) is 5.91 Å². The molecule has 0 saturated carbocycles. The highest BCUT2D eigenvalue weighted by Gasteiger charge is 2.19. The van der Waals surface area contributed by atoms with Gasteiger partial charge < -0.3 is 10.2 Å². The van der Waals surface area contributed by atoms with Gasteiger partial charge in [0, 0.05) is 18.0 Å². The van der Waals surface area contributed by atoms with Crippen LogP contribution in [0.1, 0.15) is 12.0 Å². The van der Waals surface area contributed by atoms with Gasteiger partial charge in [-0.2, -0.15) is 0 Å². The molecule has 0 aromatic heterocycles. The third-order valence-electron chi connectivity index (χ3n) is 3.53. The summed E-state index contributed by atoms with van der Waals surface area (Å²) >= 11 is 1.62. The van der Waals surface area contributed by atoms with Crippen molar-refractivity contribution in [3.63, 3.8) is 0 Å². The van der Waals surface area contributed by atoms with E-state index in [0.29, 0.717) is 11.7 Å². The largest absolute Gasteiger partial charge is 0.355 e. The van der Waals surface area contributed by atoms with Crippen LogP contribution in [0.2, 0.25) is 0 Å². The first-order chi connectivity index (χ1) is 9.15. The number of nitrogens with zero attached hydrogens (tertiary/aromatic N) is 1. The molecule has 0 bridgehead atoms. The van der Waals surface area contributed by atoms with Crippen molar-refractivity contribution in [3.05, 3.63) is 29.8 Å². The minimum Gasteiger partial charge on any atom is -0.355 e. The van der Waals surface area contributed by atoms with E-state index in [0.717, 1.165) is 19.6 Å². The van der Waals surface area contributed by atoms with Crippen LogP contribution in [0.15, 0.2) is 29.2 Å². The summed E-state index contributed by atoms with van der Waals surface area (Å²) in [4.78, 5) is 15.3. The summed E-state index contributed by atoms with van der Waals surface area (Å²) in [5.41, 5.74) is 1.23. The Labute approximate surface area is 119 Å². The topological polar surface area (TPSA) is 32.3 Å². The Kier molecular flexibility index (Phi) is 5.28. The maximum Gasteiger partial charge on any atom is 0.230 e. The number of benzene rings is 1. The van der Waals surface area contributed by atoms with Crippen LogP contribution in [0.25, 0.3) is 0 Å². The standard InChI is InChI=1S/C15H22N2OS/c1-12-5-3-4-6-14(12)19-11-15(18)16-9-13-7-8-17(2)10-13/h3-6,13H,7-11H2,1-2H3,(H,16,18). The molecule has 1 unspecified atom stereocenters. The highest BCUT2D eigenvalue weighted by atomic mass is 32.2. The summed E-state index contributed by atoms with van der Waals surface area (Å²) in [6.07, 6.45) is 1.20. The first-order valence-corrected chi connectivity index (χ1v) is 7.77. The lowest BCUT2D eigenvalue weighted by molar-refractivity contribution is -0.118.